The summed E-state index contributed by atoms with van der Waals surface area (Å²) >= 11 is 0. The van der Waals surface area contributed by atoms with E-state index in [-0.39, 0.29) is 0 Å². The first kappa shape index (κ1) is 7.60. The van der Waals surface area contributed by atoms with E-state index in [4.69, 9.17) is 0 Å². The van der Waals surface area contributed by atoms with Gasteiger partial charge in [0.05, 0.1) is 12.0 Å². The van der Waals surface area contributed by atoms with E-state index in [1.54, 1.807) is 0 Å². The summed E-state index contributed by atoms with van der Waals surface area (Å²) in [7, 11) is 0. The Labute approximate surface area is 79.0 Å². The van der Waals surface area contributed by atoms with Crippen LogP contribution < -0.4 is 0 Å². The number of fused-ring (bicyclic) bond motifs is 2. The molecule has 1 saturated carbocycles. The van der Waals surface area contributed by atoms with Crippen LogP contribution in [0.3, 0.4) is 0 Å². The van der Waals surface area contributed by atoms with Crippen molar-refractivity contribution in [1.82, 2.24) is 9.55 Å². The molecule has 2 heteroatoms. The van der Waals surface area contributed by atoms with Crippen LogP contribution in [-0.4, -0.2) is 9.55 Å². The summed E-state index contributed by atoms with van der Waals surface area (Å²) < 4.78 is 2.46. The van der Waals surface area contributed by atoms with Crippen molar-refractivity contribution in [3.63, 3.8) is 0 Å². The van der Waals surface area contributed by atoms with Crippen molar-refractivity contribution in [2.45, 2.75) is 51.0 Å². The fourth-order valence-corrected chi connectivity index (χ4v) is 2.63. The maximum Gasteiger partial charge on any atom is 0.0957 e. The Kier molecular flexibility index (Phi) is 1.27. The predicted octanol–water partition coefficient (Wildman–Crippen LogP) is 2.44. The SMILES string of the molecule is CC(C)c1ncn2c1CCC21CC1. The Morgan fingerprint density at radius 3 is 2.77 bits per heavy atom. The van der Waals surface area contributed by atoms with E-state index >= 15 is 0 Å². The molecule has 0 N–H and O–H groups in total. The molecule has 3 rings (SSSR count). The molecule has 0 radical (unpaired) electrons. The highest BCUT2D eigenvalue weighted by Gasteiger charge is 2.49. The molecule has 1 spiro atoms. The second-order valence-electron chi connectivity index (χ2n) is 4.83. The fourth-order valence-electron chi connectivity index (χ4n) is 2.63. The zero-order chi connectivity index (χ0) is 9.05. The number of hydrogen-bond acceptors (Lipinski definition) is 1. The predicted molar refractivity (Wildman–Crippen MR) is 51.8 cm³/mol. The molecular weight excluding hydrogens is 160 g/mol. The van der Waals surface area contributed by atoms with Gasteiger partial charge in [-0.3, -0.25) is 0 Å². The lowest BCUT2D eigenvalue weighted by atomic mass is 10.1. The molecule has 1 fully saturated rings. The largest absolute Gasteiger partial charge is 0.328 e. The van der Waals surface area contributed by atoms with Crippen LogP contribution in [0, 0.1) is 0 Å². The molecule has 70 valence electrons. The van der Waals surface area contributed by atoms with Crippen LogP contribution in [0.15, 0.2) is 6.33 Å². The first-order chi connectivity index (χ1) is 6.23. The summed E-state index contributed by atoms with van der Waals surface area (Å²) in [6.07, 6.45) is 7.46. The molecule has 0 unspecified atom stereocenters. The number of rotatable bonds is 1. The highest BCUT2D eigenvalue weighted by Crippen LogP contribution is 2.52. The van der Waals surface area contributed by atoms with Crippen molar-refractivity contribution in [3.8, 4) is 0 Å². The summed E-state index contributed by atoms with van der Waals surface area (Å²) in [5.41, 5.74) is 3.39. The topological polar surface area (TPSA) is 17.8 Å². The van der Waals surface area contributed by atoms with Gasteiger partial charge in [-0.15, -0.1) is 0 Å². The second-order valence-corrected chi connectivity index (χ2v) is 4.83. The van der Waals surface area contributed by atoms with Gasteiger partial charge in [0.25, 0.3) is 0 Å². The normalized spacial score (nSPS) is 22.7. The van der Waals surface area contributed by atoms with Crippen LogP contribution >= 0.6 is 0 Å². The van der Waals surface area contributed by atoms with Crippen LogP contribution in [0.2, 0.25) is 0 Å². The maximum atomic E-state index is 4.54. The van der Waals surface area contributed by atoms with Crippen LogP contribution in [0.1, 0.15) is 50.4 Å². The van der Waals surface area contributed by atoms with E-state index in [1.165, 1.54) is 37.1 Å². The molecule has 2 nitrogen and oxygen atoms in total. The lowest BCUT2D eigenvalue weighted by Gasteiger charge is -2.08. The van der Waals surface area contributed by atoms with E-state index in [0.717, 1.165) is 0 Å². The van der Waals surface area contributed by atoms with Gasteiger partial charge in [-0.1, -0.05) is 13.8 Å². The van der Waals surface area contributed by atoms with Crippen LogP contribution in [0.4, 0.5) is 0 Å². The third-order valence-corrected chi connectivity index (χ3v) is 3.61. The third kappa shape index (κ3) is 0.862. The van der Waals surface area contributed by atoms with Crippen molar-refractivity contribution < 1.29 is 0 Å². The minimum atomic E-state index is 0.537. The molecule has 0 saturated heterocycles. The second kappa shape index (κ2) is 2.17. The lowest BCUT2D eigenvalue weighted by Crippen LogP contribution is -2.09. The summed E-state index contributed by atoms with van der Waals surface area (Å²) in [5.74, 6) is 0.588. The number of imidazole rings is 1. The van der Waals surface area contributed by atoms with Gasteiger partial charge < -0.3 is 4.57 Å². The Morgan fingerprint density at radius 1 is 1.38 bits per heavy atom. The standard InChI is InChI=1S/C11H16N2/c1-8(2)10-9-3-4-11(5-6-11)13(9)7-12-10/h7-8H,3-6H2,1-2H3. The van der Waals surface area contributed by atoms with Crippen molar-refractivity contribution in [2.75, 3.05) is 0 Å². The van der Waals surface area contributed by atoms with Crippen molar-refractivity contribution in [3.05, 3.63) is 17.7 Å². The average molecular weight is 176 g/mol. The minimum absolute atomic E-state index is 0.537. The molecule has 1 aromatic heterocycles. The number of nitrogens with zero attached hydrogens (tertiary/aromatic N) is 2. The Hall–Kier alpha value is -0.790. The summed E-state index contributed by atoms with van der Waals surface area (Å²) in [6, 6.07) is 0. The van der Waals surface area contributed by atoms with E-state index in [0.29, 0.717) is 11.5 Å². The maximum absolute atomic E-state index is 4.54. The Bertz CT molecular complexity index is 345. The van der Waals surface area contributed by atoms with E-state index in [2.05, 4.69) is 29.7 Å². The molecule has 1 aliphatic carbocycles. The third-order valence-electron chi connectivity index (χ3n) is 3.61. The van der Waals surface area contributed by atoms with E-state index in [9.17, 15) is 0 Å². The molecule has 2 aliphatic rings. The zero-order valence-electron chi connectivity index (χ0n) is 8.38. The summed E-state index contributed by atoms with van der Waals surface area (Å²) in [5, 5.41) is 0. The van der Waals surface area contributed by atoms with Gasteiger partial charge in [0.2, 0.25) is 0 Å². The van der Waals surface area contributed by atoms with Gasteiger partial charge in [-0.25, -0.2) is 4.98 Å². The van der Waals surface area contributed by atoms with Gasteiger partial charge in [0, 0.05) is 11.2 Å². The van der Waals surface area contributed by atoms with Crippen LogP contribution in [-0.2, 0) is 12.0 Å². The van der Waals surface area contributed by atoms with Crippen molar-refractivity contribution in [2.24, 2.45) is 0 Å². The molecule has 1 aromatic rings. The first-order valence-electron chi connectivity index (χ1n) is 5.29. The molecule has 2 heterocycles. The molecule has 1 aliphatic heterocycles. The van der Waals surface area contributed by atoms with Crippen LogP contribution in [0.5, 0.6) is 0 Å². The molecule has 0 aromatic carbocycles. The van der Waals surface area contributed by atoms with Gasteiger partial charge in [0.1, 0.15) is 0 Å². The zero-order valence-corrected chi connectivity index (χ0v) is 8.38. The van der Waals surface area contributed by atoms with Crippen LogP contribution in [0.25, 0.3) is 0 Å². The van der Waals surface area contributed by atoms with Crippen molar-refractivity contribution >= 4 is 0 Å². The summed E-state index contributed by atoms with van der Waals surface area (Å²) in [4.78, 5) is 4.54. The average Bonchev–Trinajstić information content (AvgIpc) is 2.57. The Balaban J connectivity index is 2.10. The monoisotopic (exact) mass is 176 g/mol. The summed E-state index contributed by atoms with van der Waals surface area (Å²) in [6.45, 7) is 4.47. The van der Waals surface area contributed by atoms with Crippen molar-refractivity contribution in [1.29, 1.82) is 0 Å². The highest BCUT2D eigenvalue weighted by atomic mass is 15.2. The lowest BCUT2D eigenvalue weighted by molar-refractivity contribution is 0.507. The molecule has 0 amide bonds. The fraction of sp³-hybridized carbons (Fsp3) is 0.727. The number of hydrogen-bond donors (Lipinski definition) is 0. The van der Waals surface area contributed by atoms with Gasteiger partial charge in [0.15, 0.2) is 0 Å². The first-order valence-corrected chi connectivity index (χ1v) is 5.29. The van der Waals surface area contributed by atoms with Gasteiger partial charge in [-0.2, -0.15) is 0 Å². The minimum Gasteiger partial charge on any atom is -0.328 e. The highest BCUT2D eigenvalue weighted by molar-refractivity contribution is 5.26. The number of aromatic nitrogens is 2. The molecular formula is C11H16N2. The van der Waals surface area contributed by atoms with Gasteiger partial charge >= 0.3 is 0 Å². The Morgan fingerprint density at radius 2 is 2.15 bits per heavy atom. The smallest absolute Gasteiger partial charge is 0.0957 e. The molecule has 13 heavy (non-hydrogen) atoms. The molecule has 0 atom stereocenters. The quantitative estimate of drug-likeness (QED) is 0.642. The van der Waals surface area contributed by atoms with Gasteiger partial charge in [-0.05, 0) is 31.6 Å². The van der Waals surface area contributed by atoms with E-state index in [1.807, 2.05) is 0 Å². The molecule has 0 bridgehead atoms. The van der Waals surface area contributed by atoms with E-state index < -0.39 is 0 Å².